The van der Waals surface area contributed by atoms with E-state index in [0.29, 0.717) is 17.9 Å². The number of nitrogens with zero attached hydrogens (tertiary/aromatic N) is 3. The summed E-state index contributed by atoms with van der Waals surface area (Å²) in [5.74, 6) is 0.654. The van der Waals surface area contributed by atoms with E-state index in [4.69, 9.17) is 4.74 Å². The monoisotopic (exact) mass is 435 g/mol. The second-order valence-electron chi connectivity index (χ2n) is 9.73. The molecule has 1 atom stereocenters. The summed E-state index contributed by atoms with van der Waals surface area (Å²) in [6.07, 6.45) is 7.19. The Morgan fingerprint density at radius 1 is 1.00 bits per heavy atom. The van der Waals surface area contributed by atoms with E-state index in [9.17, 15) is 9.59 Å². The Morgan fingerprint density at radius 3 is 2.41 bits per heavy atom. The van der Waals surface area contributed by atoms with Gasteiger partial charge in [-0.05, 0) is 77.5 Å². The molecule has 1 aromatic carbocycles. The number of benzene rings is 1. The van der Waals surface area contributed by atoms with Gasteiger partial charge in [-0.25, -0.2) is 9.78 Å². The number of piperidine rings is 1. The average molecular weight is 436 g/mol. The molecule has 1 saturated carbocycles. The van der Waals surface area contributed by atoms with Gasteiger partial charge in [0.05, 0.1) is 6.04 Å². The first kappa shape index (κ1) is 22.3. The molecule has 0 N–H and O–H groups in total. The molecule has 4 rings (SSSR count). The third kappa shape index (κ3) is 4.79. The van der Waals surface area contributed by atoms with Gasteiger partial charge in [0.15, 0.2) is 0 Å². The third-order valence-electron chi connectivity index (χ3n) is 6.22. The molecule has 1 saturated heterocycles. The molecule has 2 amide bonds. The summed E-state index contributed by atoms with van der Waals surface area (Å²) < 4.78 is 5.76. The highest BCUT2D eigenvalue weighted by molar-refractivity contribution is 5.95. The topological polar surface area (TPSA) is 62.7 Å². The van der Waals surface area contributed by atoms with Gasteiger partial charge in [0.1, 0.15) is 11.4 Å². The maximum Gasteiger partial charge on any atom is 0.416 e. The van der Waals surface area contributed by atoms with Crippen molar-refractivity contribution in [3.63, 3.8) is 0 Å². The van der Waals surface area contributed by atoms with Gasteiger partial charge in [-0.2, -0.15) is 0 Å². The molecule has 6 nitrogen and oxygen atoms in total. The lowest BCUT2D eigenvalue weighted by Gasteiger charge is -2.41. The van der Waals surface area contributed by atoms with Crippen molar-refractivity contribution in [2.75, 3.05) is 11.4 Å². The maximum absolute atomic E-state index is 13.4. The number of hydrogen-bond acceptors (Lipinski definition) is 4. The molecule has 0 unspecified atom stereocenters. The SMILES string of the molecule is CC(C)(C)OC(=O)N(c1ncccc1[C@@H]1CCCCN1C(=O)c1ccccc1)C1CCC1. The third-order valence-corrected chi connectivity index (χ3v) is 6.22. The minimum atomic E-state index is -0.589. The fourth-order valence-corrected chi connectivity index (χ4v) is 4.48. The Balaban J connectivity index is 1.70. The molecule has 0 radical (unpaired) electrons. The van der Waals surface area contributed by atoms with Gasteiger partial charge >= 0.3 is 6.09 Å². The Hall–Kier alpha value is -2.89. The van der Waals surface area contributed by atoms with Crippen LogP contribution in [0.3, 0.4) is 0 Å². The summed E-state index contributed by atoms with van der Waals surface area (Å²) in [6.45, 7) is 6.34. The molecule has 2 aliphatic rings. The van der Waals surface area contributed by atoms with Crippen LogP contribution in [0.25, 0.3) is 0 Å². The zero-order chi connectivity index (χ0) is 22.7. The fraction of sp³-hybridized carbons (Fsp3) is 0.500. The van der Waals surface area contributed by atoms with Crippen LogP contribution in [0, 0.1) is 0 Å². The second kappa shape index (κ2) is 9.31. The first-order valence-corrected chi connectivity index (χ1v) is 11.7. The minimum Gasteiger partial charge on any atom is -0.443 e. The van der Waals surface area contributed by atoms with Crippen LogP contribution >= 0.6 is 0 Å². The Labute approximate surface area is 190 Å². The largest absolute Gasteiger partial charge is 0.443 e. The minimum absolute atomic E-state index is 0.0255. The number of rotatable bonds is 4. The summed E-state index contributed by atoms with van der Waals surface area (Å²) in [5, 5.41) is 0. The van der Waals surface area contributed by atoms with Crippen molar-refractivity contribution >= 4 is 17.8 Å². The van der Waals surface area contributed by atoms with Crippen LogP contribution in [0.4, 0.5) is 10.6 Å². The normalized spacial score (nSPS) is 19.2. The van der Waals surface area contributed by atoms with E-state index >= 15 is 0 Å². The number of pyridine rings is 1. The van der Waals surface area contributed by atoms with Crippen molar-refractivity contribution in [2.24, 2.45) is 0 Å². The maximum atomic E-state index is 13.4. The molecule has 2 fully saturated rings. The molecule has 0 spiro atoms. The van der Waals surface area contributed by atoms with Crippen LogP contribution in [-0.2, 0) is 4.74 Å². The van der Waals surface area contributed by atoms with Crippen molar-refractivity contribution in [1.29, 1.82) is 0 Å². The molecule has 170 valence electrons. The van der Waals surface area contributed by atoms with Gasteiger partial charge in [-0.1, -0.05) is 24.3 Å². The number of carbonyl (C=O) groups is 2. The lowest BCUT2D eigenvalue weighted by atomic mass is 9.90. The molecule has 6 heteroatoms. The van der Waals surface area contributed by atoms with Crippen LogP contribution in [0.2, 0.25) is 0 Å². The van der Waals surface area contributed by atoms with Crippen molar-refractivity contribution in [3.05, 3.63) is 59.8 Å². The van der Waals surface area contributed by atoms with Gasteiger partial charge in [-0.15, -0.1) is 0 Å². The van der Waals surface area contributed by atoms with Gasteiger partial charge < -0.3 is 9.64 Å². The average Bonchev–Trinajstić information content (AvgIpc) is 2.75. The molecule has 1 aliphatic heterocycles. The molecule has 1 aliphatic carbocycles. The van der Waals surface area contributed by atoms with Crippen molar-refractivity contribution in [1.82, 2.24) is 9.88 Å². The van der Waals surface area contributed by atoms with Crippen molar-refractivity contribution in [3.8, 4) is 0 Å². The van der Waals surface area contributed by atoms with E-state index in [2.05, 4.69) is 4.98 Å². The zero-order valence-electron chi connectivity index (χ0n) is 19.3. The predicted octanol–water partition coefficient (Wildman–Crippen LogP) is 5.74. The molecule has 1 aromatic heterocycles. The number of carbonyl (C=O) groups excluding carboxylic acids is 2. The second-order valence-corrected chi connectivity index (χ2v) is 9.73. The lowest BCUT2D eigenvalue weighted by molar-refractivity contribution is 0.0546. The Bertz CT molecular complexity index is 950. The van der Waals surface area contributed by atoms with Gasteiger partial charge in [-0.3, -0.25) is 9.69 Å². The molecule has 2 heterocycles. The highest BCUT2D eigenvalue weighted by Crippen LogP contribution is 2.39. The van der Waals surface area contributed by atoms with E-state index < -0.39 is 5.60 Å². The van der Waals surface area contributed by atoms with Crippen molar-refractivity contribution < 1.29 is 14.3 Å². The number of aromatic nitrogens is 1. The van der Waals surface area contributed by atoms with E-state index in [1.807, 2.05) is 68.1 Å². The smallest absolute Gasteiger partial charge is 0.416 e. The van der Waals surface area contributed by atoms with E-state index in [0.717, 1.165) is 44.1 Å². The van der Waals surface area contributed by atoms with Gasteiger partial charge in [0, 0.05) is 29.9 Å². The Morgan fingerprint density at radius 2 is 1.75 bits per heavy atom. The highest BCUT2D eigenvalue weighted by Gasteiger charge is 2.38. The number of anilines is 1. The summed E-state index contributed by atoms with van der Waals surface area (Å²) in [6, 6.07) is 13.3. The highest BCUT2D eigenvalue weighted by atomic mass is 16.6. The fourth-order valence-electron chi connectivity index (χ4n) is 4.48. The number of likely N-dealkylation sites (tertiary alicyclic amines) is 1. The first-order chi connectivity index (χ1) is 15.3. The number of ether oxygens (including phenoxy) is 1. The standard InChI is InChI=1S/C26H33N3O3/c1-26(2,3)32-25(31)29(20-13-9-14-20)23-21(15-10-17-27-23)22-16-7-8-18-28(22)24(30)19-11-5-4-6-12-19/h4-6,10-12,15,17,20,22H,7-9,13-14,16,18H2,1-3H3/t22-/m0/s1. The first-order valence-electron chi connectivity index (χ1n) is 11.7. The van der Waals surface area contributed by atoms with Crippen LogP contribution < -0.4 is 4.90 Å². The van der Waals surface area contributed by atoms with Gasteiger partial charge in [0.25, 0.3) is 5.91 Å². The molecule has 0 bridgehead atoms. The molecular weight excluding hydrogens is 402 g/mol. The van der Waals surface area contributed by atoms with Crippen LogP contribution in [0.1, 0.15) is 81.3 Å². The van der Waals surface area contributed by atoms with Crippen LogP contribution in [0.5, 0.6) is 0 Å². The van der Waals surface area contributed by atoms with Gasteiger partial charge in [0.2, 0.25) is 0 Å². The van der Waals surface area contributed by atoms with E-state index in [1.165, 1.54) is 0 Å². The molecule has 32 heavy (non-hydrogen) atoms. The summed E-state index contributed by atoms with van der Waals surface area (Å²) in [4.78, 5) is 35.0. The molecule has 2 aromatic rings. The summed E-state index contributed by atoms with van der Waals surface area (Å²) >= 11 is 0. The lowest BCUT2D eigenvalue weighted by Crippen LogP contribution is -2.48. The van der Waals surface area contributed by atoms with Crippen molar-refractivity contribution in [2.45, 2.75) is 77.0 Å². The summed E-state index contributed by atoms with van der Waals surface area (Å²) in [7, 11) is 0. The molecular formula is C26H33N3O3. The van der Waals surface area contributed by atoms with E-state index in [1.54, 1.807) is 11.1 Å². The predicted molar refractivity (Wildman–Crippen MR) is 125 cm³/mol. The van der Waals surface area contributed by atoms with Crippen LogP contribution in [0.15, 0.2) is 48.7 Å². The van der Waals surface area contributed by atoms with E-state index in [-0.39, 0.29) is 24.1 Å². The zero-order valence-corrected chi connectivity index (χ0v) is 19.3. The van der Waals surface area contributed by atoms with Crippen LogP contribution in [-0.4, -0.2) is 40.1 Å². The number of hydrogen-bond donors (Lipinski definition) is 0. The number of amides is 2. The Kier molecular flexibility index (Phi) is 6.49. The quantitative estimate of drug-likeness (QED) is 0.614. The summed E-state index contributed by atoms with van der Waals surface area (Å²) in [5.41, 5.74) is 1.02.